The first kappa shape index (κ1) is 10.4. The molecule has 0 bridgehead atoms. The zero-order chi connectivity index (χ0) is 11.2. The van der Waals surface area contributed by atoms with E-state index in [9.17, 15) is 0 Å². The highest BCUT2D eigenvalue weighted by Crippen LogP contribution is 2.55. The van der Waals surface area contributed by atoms with Gasteiger partial charge in [0.05, 0.1) is 0 Å². The smallest absolute Gasteiger partial charge is 0.00698 e. The molecule has 0 N–H and O–H groups in total. The fourth-order valence-corrected chi connectivity index (χ4v) is 4.33. The lowest BCUT2D eigenvalue weighted by atomic mass is 9.78. The average molecular weight is 214 g/mol. The predicted molar refractivity (Wildman–Crippen MR) is 68.4 cm³/mol. The van der Waals surface area contributed by atoms with Crippen molar-refractivity contribution in [2.45, 2.75) is 44.9 Å². The third-order valence-corrected chi connectivity index (χ3v) is 4.97. The van der Waals surface area contributed by atoms with Gasteiger partial charge >= 0.3 is 0 Å². The Morgan fingerprint density at radius 3 is 2.12 bits per heavy atom. The van der Waals surface area contributed by atoms with Gasteiger partial charge in [0.1, 0.15) is 0 Å². The van der Waals surface area contributed by atoms with Gasteiger partial charge in [0.2, 0.25) is 0 Å². The maximum Gasteiger partial charge on any atom is -0.00698 e. The fourth-order valence-electron chi connectivity index (χ4n) is 4.33. The van der Waals surface area contributed by atoms with Crippen LogP contribution >= 0.6 is 0 Å². The summed E-state index contributed by atoms with van der Waals surface area (Å²) < 4.78 is 0. The maximum atomic E-state index is 2.48. The first-order valence-electron chi connectivity index (χ1n) is 6.73. The summed E-state index contributed by atoms with van der Waals surface area (Å²) in [4.78, 5) is 0. The van der Waals surface area contributed by atoms with Gasteiger partial charge in [-0.25, -0.2) is 0 Å². The molecule has 0 aliphatic heterocycles. The predicted octanol–water partition coefficient (Wildman–Crippen LogP) is 4.40. The molecule has 2 fully saturated rings. The Hall–Kier alpha value is -0.780. The minimum absolute atomic E-state index is 0.469. The zero-order valence-electron chi connectivity index (χ0n) is 10.4. The molecule has 2 aliphatic carbocycles. The summed E-state index contributed by atoms with van der Waals surface area (Å²) in [6.45, 7) is 4.91. The van der Waals surface area contributed by atoms with Crippen molar-refractivity contribution in [3.63, 3.8) is 0 Å². The summed E-state index contributed by atoms with van der Waals surface area (Å²) >= 11 is 0. The molecule has 2 atom stereocenters. The first-order valence-corrected chi connectivity index (χ1v) is 6.73. The minimum Gasteiger partial charge on any atom is -0.0625 e. The zero-order valence-corrected chi connectivity index (χ0v) is 10.4. The number of rotatable bonds is 1. The Morgan fingerprint density at radius 1 is 1.00 bits per heavy atom. The fraction of sp³-hybridized carbons (Fsp3) is 0.625. The largest absolute Gasteiger partial charge is 0.0625 e. The Labute approximate surface area is 99.1 Å². The molecule has 1 aromatic carbocycles. The van der Waals surface area contributed by atoms with Crippen LogP contribution in [0.4, 0.5) is 0 Å². The quantitative estimate of drug-likeness (QED) is 0.650. The van der Waals surface area contributed by atoms with E-state index in [0.29, 0.717) is 5.41 Å². The molecule has 0 heterocycles. The Bertz CT molecular complexity index is 351. The van der Waals surface area contributed by atoms with Crippen LogP contribution < -0.4 is 0 Å². The maximum absolute atomic E-state index is 2.48. The molecule has 86 valence electrons. The molecule has 2 unspecified atom stereocenters. The second-order valence-electron chi connectivity index (χ2n) is 6.43. The van der Waals surface area contributed by atoms with Crippen LogP contribution in [0.2, 0.25) is 0 Å². The Balaban J connectivity index is 1.83. The molecule has 0 spiro atoms. The second kappa shape index (κ2) is 3.61. The number of hydrogen-bond acceptors (Lipinski definition) is 0. The van der Waals surface area contributed by atoms with Crippen molar-refractivity contribution >= 4 is 0 Å². The van der Waals surface area contributed by atoms with Crippen LogP contribution in [0.25, 0.3) is 0 Å². The molecule has 16 heavy (non-hydrogen) atoms. The SMILES string of the molecule is CC1CC2CC(C)(c3ccccc3)CC2C1. The second-order valence-corrected chi connectivity index (χ2v) is 6.43. The molecular formula is C16H22. The average Bonchev–Trinajstić information content (AvgIpc) is 2.73. The molecule has 0 radical (unpaired) electrons. The van der Waals surface area contributed by atoms with Crippen molar-refractivity contribution in [2.24, 2.45) is 17.8 Å². The van der Waals surface area contributed by atoms with Gasteiger partial charge in [-0.2, -0.15) is 0 Å². The van der Waals surface area contributed by atoms with Crippen molar-refractivity contribution < 1.29 is 0 Å². The third kappa shape index (κ3) is 1.59. The summed E-state index contributed by atoms with van der Waals surface area (Å²) in [6, 6.07) is 11.2. The normalized spacial score (nSPS) is 42.2. The number of benzene rings is 1. The molecule has 0 saturated heterocycles. The minimum atomic E-state index is 0.469. The molecule has 0 nitrogen and oxygen atoms in total. The van der Waals surface area contributed by atoms with Crippen molar-refractivity contribution in [1.82, 2.24) is 0 Å². The molecule has 2 aliphatic rings. The van der Waals surface area contributed by atoms with Crippen molar-refractivity contribution in [2.75, 3.05) is 0 Å². The van der Waals surface area contributed by atoms with Crippen LogP contribution in [0.15, 0.2) is 30.3 Å². The van der Waals surface area contributed by atoms with Crippen LogP contribution in [-0.2, 0) is 5.41 Å². The first-order chi connectivity index (χ1) is 7.67. The summed E-state index contributed by atoms with van der Waals surface area (Å²) in [5.41, 5.74) is 2.04. The van der Waals surface area contributed by atoms with E-state index in [2.05, 4.69) is 44.2 Å². The highest BCUT2D eigenvalue weighted by Gasteiger charge is 2.46. The van der Waals surface area contributed by atoms with E-state index in [0.717, 1.165) is 17.8 Å². The van der Waals surface area contributed by atoms with Gasteiger partial charge < -0.3 is 0 Å². The lowest BCUT2D eigenvalue weighted by molar-refractivity contribution is 0.410. The molecule has 0 heteroatoms. The van der Waals surface area contributed by atoms with Crippen molar-refractivity contribution in [1.29, 1.82) is 0 Å². The highest BCUT2D eigenvalue weighted by molar-refractivity contribution is 5.26. The third-order valence-electron chi connectivity index (χ3n) is 4.97. The van der Waals surface area contributed by atoms with Gasteiger partial charge in [-0.1, -0.05) is 44.2 Å². The molecule has 3 rings (SSSR count). The van der Waals surface area contributed by atoms with Crippen LogP contribution in [0, 0.1) is 17.8 Å². The van der Waals surface area contributed by atoms with E-state index in [1.807, 2.05) is 0 Å². The van der Waals surface area contributed by atoms with Crippen LogP contribution in [0.3, 0.4) is 0 Å². The van der Waals surface area contributed by atoms with Gasteiger partial charge in [0, 0.05) is 0 Å². The highest BCUT2D eigenvalue weighted by atomic mass is 14.5. The summed E-state index contributed by atoms with van der Waals surface area (Å²) in [6.07, 6.45) is 5.80. The summed E-state index contributed by atoms with van der Waals surface area (Å²) in [5, 5.41) is 0. The Kier molecular flexibility index (Phi) is 2.34. The monoisotopic (exact) mass is 214 g/mol. The molecule has 0 amide bonds. The lowest BCUT2D eigenvalue weighted by Crippen LogP contribution is -2.18. The molecule has 0 aromatic heterocycles. The standard InChI is InChI=1S/C16H22/c1-12-8-13-10-16(2,11-14(13)9-12)15-6-4-3-5-7-15/h3-7,12-14H,8-11H2,1-2H3. The number of fused-ring (bicyclic) bond motifs is 1. The summed E-state index contributed by atoms with van der Waals surface area (Å²) in [5.74, 6) is 3.01. The van der Waals surface area contributed by atoms with E-state index in [-0.39, 0.29) is 0 Å². The van der Waals surface area contributed by atoms with E-state index in [4.69, 9.17) is 0 Å². The van der Waals surface area contributed by atoms with Crippen LogP contribution in [-0.4, -0.2) is 0 Å². The van der Waals surface area contributed by atoms with Gasteiger partial charge in [-0.15, -0.1) is 0 Å². The summed E-state index contributed by atoms with van der Waals surface area (Å²) in [7, 11) is 0. The topological polar surface area (TPSA) is 0 Å². The molecular weight excluding hydrogens is 192 g/mol. The van der Waals surface area contributed by atoms with Crippen LogP contribution in [0.5, 0.6) is 0 Å². The van der Waals surface area contributed by atoms with E-state index in [1.54, 1.807) is 5.56 Å². The van der Waals surface area contributed by atoms with Crippen molar-refractivity contribution in [3.8, 4) is 0 Å². The Morgan fingerprint density at radius 2 is 1.56 bits per heavy atom. The van der Waals surface area contributed by atoms with Gasteiger partial charge in [0.25, 0.3) is 0 Å². The molecule has 2 saturated carbocycles. The van der Waals surface area contributed by atoms with Crippen molar-refractivity contribution in [3.05, 3.63) is 35.9 Å². The van der Waals surface area contributed by atoms with Gasteiger partial charge in [-0.05, 0) is 54.4 Å². The van der Waals surface area contributed by atoms with E-state index in [1.165, 1.54) is 25.7 Å². The van der Waals surface area contributed by atoms with E-state index >= 15 is 0 Å². The molecule has 1 aromatic rings. The van der Waals surface area contributed by atoms with Crippen LogP contribution in [0.1, 0.15) is 45.1 Å². The van der Waals surface area contributed by atoms with E-state index < -0.39 is 0 Å². The van der Waals surface area contributed by atoms with Gasteiger partial charge in [0.15, 0.2) is 0 Å². The van der Waals surface area contributed by atoms with Gasteiger partial charge in [-0.3, -0.25) is 0 Å². The number of hydrogen-bond donors (Lipinski definition) is 0. The lowest BCUT2D eigenvalue weighted by Gasteiger charge is -2.26.